The zero-order valence-corrected chi connectivity index (χ0v) is 45.1. The van der Waals surface area contributed by atoms with E-state index in [1.807, 2.05) is 13.0 Å². The average molecular weight is 1070 g/mol. The number of esters is 1. The van der Waals surface area contributed by atoms with E-state index in [1.165, 1.54) is 59.6 Å². The van der Waals surface area contributed by atoms with Gasteiger partial charge in [0.15, 0.2) is 5.72 Å². The number of hydrogen-bond donors (Lipinski definition) is 2. The molecule has 1 aliphatic carbocycles. The van der Waals surface area contributed by atoms with E-state index in [4.69, 9.17) is 35.3 Å². The van der Waals surface area contributed by atoms with Crippen LogP contribution in [0.15, 0.2) is 48.1 Å². The fraction of sp³-hybridized carbons (Fsp3) is 0.623. The van der Waals surface area contributed by atoms with Crippen LogP contribution >= 0.6 is 23.4 Å². The first-order valence-electron chi connectivity index (χ1n) is 25.2. The Morgan fingerprint density at radius 3 is 2.32 bits per heavy atom. The second-order valence-corrected chi connectivity index (χ2v) is 22.8. The Labute approximate surface area is 441 Å². The van der Waals surface area contributed by atoms with Crippen LogP contribution in [0.4, 0.5) is 10.5 Å². The number of alkyl carbamates (subject to hydrolysis) is 1. The van der Waals surface area contributed by atoms with E-state index in [9.17, 15) is 43.5 Å². The highest BCUT2D eigenvalue weighted by atomic mass is 35.5. The van der Waals surface area contributed by atoms with Crippen LogP contribution in [0.2, 0.25) is 5.02 Å². The molecule has 74 heavy (non-hydrogen) atoms. The number of anilines is 1. The maximum absolute atomic E-state index is 14.4. The molecule has 404 valence electrons. The number of carbonyl (C=O) groups is 8. The highest BCUT2D eigenvalue weighted by Crippen LogP contribution is 2.51. The monoisotopic (exact) mass is 1070 g/mol. The van der Waals surface area contributed by atoms with E-state index in [1.54, 1.807) is 45.2 Å². The standard InChI is InChI=1S/C53H70ClN5O14S/c1-30-11-10-12-39(70-9)53(68)26-41(72-50(67)55-53)52(5)29-51(4,73-52)40(25-45(63)57(7)36-22-34(21-30)23-37(69-8)47(36)54)71-49(66)32(3)56(6)42(60)19-20-74-38-24-46(64)59(48(38)65)28-33-13-15-35(16-14-33)31(2)27-58-43(61)17-18-44(58)62/h10-12,22-23,32-33,35,38-41,68H,2,13-21,24-29H2,1,3-9H3,(H,55,67)/b12-10+,30-11+/t32-,33?,35?,38?,39+,40-,41?,51+,52?,53-/m0/s1. The summed E-state index contributed by atoms with van der Waals surface area (Å²) in [6, 6.07) is 2.40. The summed E-state index contributed by atoms with van der Waals surface area (Å²) in [7, 11) is 5.88. The lowest BCUT2D eigenvalue weighted by Crippen LogP contribution is -2.72. The molecule has 0 aromatic heterocycles. The van der Waals surface area contributed by atoms with Crippen LogP contribution in [-0.4, -0.2) is 161 Å². The van der Waals surface area contributed by atoms with Gasteiger partial charge in [0, 0.05) is 78.6 Å². The van der Waals surface area contributed by atoms with Crippen LogP contribution in [0.3, 0.4) is 0 Å². The molecule has 1 saturated carbocycles. The molecule has 6 bridgehead atoms. The molecule has 8 atom stereocenters. The van der Waals surface area contributed by atoms with Crippen LogP contribution in [0, 0.1) is 11.8 Å². The first-order valence-corrected chi connectivity index (χ1v) is 26.7. The van der Waals surface area contributed by atoms with Crippen LogP contribution in [0.5, 0.6) is 5.75 Å². The lowest BCUT2D eigenvalue weighted by Gasteiger charge is -2.59. The third-order valence-corrected chi connectivity index (χ3v) is 17.2. The van der Waals surface area contributed by atoms with Gasteiger partial charge in [0.1, 0.15) is 46.3 Å². The van der Waals surface area contributed by atoms with Gasteiger partial charge < -0.3 is 38.6 Å². The molecule has 7 amide bonds. The maximum Gasteiger partial charge on any atom is 0.409 e. The van der Waals surface area contributed by atoms with Crippen molar-refractivity contribution in [3.05, 3.63) is 58.7 Å². The topological polar surface area (TPSA) is 228 Å². The number of likely N-dealkylation sites (N-methyl/N-ethyl adjacent to an activating group) is 1. The van der Waals surface area contributed by atoms with Gasteiger partial charge >= 0.3 is 12.1 Å². The number of halogens is 1. The Kier molecular flexibility index (Phi) is 17.5. The number of likely N-dealkylation sites (tertiary alicyclic amines) is 2. The molecular weight excluding hydrogens is 998 g/mol. The molecule has 21 heteroatoms. The number of imide groups is 2. The van der Waals surface area contributed by atoms with Gasteiger partial charge in [-0.1, -0.05) is 47.6 Å². The predicted octanol–water partition coefficient (Wildman–Crippen LogP) is 5.42. The van der Waals surface area contributed by atoms with Crippen molar-refractivity contribution in [2.75, 3.05) is 52.1 Å². The van der Waals surface area contributed by atoms with E-state index in [-0.39, 0.29) is 91.3 Å². The van der Waals surface area contributed by atoms with Gasteiger partial charge in [-0.2, -0.15) is 0 Å². The number of hydrogen-bond acceptors (Lipinski definition) is 15. The molecule has 1 aromatic carbocycles. The SMILES string of the molecule is C=C(CN1C(=O)CCC1=O)C1CCC(CN2C(=O)CC(SCCC(=O)N(C)[C@@H](C)C(=O)O[C@H]3CC(=O)N(C)c4cc(cc(OC)c4Cl)C/C(C)=C/C=C/[C@@H](OC)[C@@]4(O)CC(OC(=O)N4)C4(C)C[C@@]3(C)O4)C2=O)CC1. The van der Waals surface area contributed by atoms with Gasteiger partial charge in [-0.25, -0.2) is 9.59 Å². The number of methoxy groups -OCH3 is 2. The first kappa shape index (κ1) is 56.4. The summed E-state index contributed by atoms with van der Waals surface area (Å²) in [5, 5.41) is 13.9. The van der Waals surface area contributed by atoms with Crippen molar-refractivity contribution in [1.82, 2.24) is 20.0 Å². The molecule has 2 N–H and O–H groups in total. The summed E-state index contributed by atoms with van der Waals surface area (Å²) in [5.41, 5.74) is -1.61. The minimum atomic E-state index is -1.91. The summed E-state index contributed by atoms with van der Waals surface area (Å²) in [5.74, 6) is -1.83. The number of thioether (sulfide) groups is 1. The number of nitrogens with zero attached hydrogens (tertiary/aromatic N) is 4. The van der Waals surface area contributed by atoms with Crippen molar-refractivity contribution in [2.45, 2.75) is 151 Å². The van der Waals surface area contributed by atoms with E-state index in [0.717, 1.165) is 42.4 Å². The van der Waals surface area contributed by atoms with Crippen LogP contribution in [0.25, 0.3) is 0 Å². The lowest BCUT2D eigenvalue weighted by molar-refractivity contribution is -0.328. The zero-order valence-electron chi connectivity index (χ0n) is 43.6. The molecule has 5 fully saturated rings. The molecule has 8 rings (SSSR count). The molecule has 3 unspecified atom stereocenters. The third-order valence-electron chi connectivity index (χ3n) is 15.7. The number of ether oxygens (including phenoxy) is 5. The fourth-order valence-electron chi connectivity index (χ4n) is 11.1. The van der Waals surface area contributed by atoms with Crippen molar-refractivity contribution in [2.24, 2.45) is 11.8 Å². The molecule has 4 saturated heterocycles. The third kappa shape index (κ3) is 12.2. The summed E-state index contributed by atoms with van der Waals surface area (Å²) in [6.07, 6.45) is 4.57. The number of fused-ring (bicyclic) bond motifs is 6. The fourth-order valence-corrected chi connectivity index (χ4v) is 12.5. The normalized spacial score (nSPS) is 32.2. The van der Waals surface area contributed by atoms with Gasteiger partial charge in [0.05, 0.1) is 24.5 Å². The molecule has 6 aliphatic heterocycles. The number of allylic oxidation sites excluding steroid dienone is 3. The van der Waals surface area contributed by atoms with Crippen LogP contribution in [0.1, 0.15) is 104 Å². The minimum Gasteiger partial charge on any atom is -0.495 e. The number of aliphatic hydroxyl groups is 1. The Bertz CT molecular complexity index is 2470. The maximum atomic E-state index is 14.4. The number of benzene rings is 1. The first-order chi connectivity index (χ1) is 34.9. The van der Waals surface area contributed by atoms with E-state index >= 15 is 0 Å². The van der Waals surface area contributed by atoms with Crippen molar-refractivity contribution >= 4 is 76.6 Å². The predicted molar refractivity (Wildman–Crippen MR) is 274 cm³/mol. The number of nitrogens with one attached hydrogen (secondary N) is 1. The molecule has 19 nitrogen and oxygen atoms in total. The van der Waals surface area contributed by atoms with Gasteiger partial charge in [-0.05, 0) is 89.3 Å². The molecule has 6 heterocycles. The van der Waals surface area contributed by atoms with Crippen molar-refractivity contribution < 1.29 is 67.1 Å². The van der Waals surface area contributed by atoms with Crippen molar-refractivity contribution in [1.29, 1.82) is 0 Å². The number of rotatable bonds is 14. The van der Waals surface area contributed by atoms with Crippen molar-refractivity contribution in [3.63, 3.8) is 0 Å². The highest BCUT2D eigenvalue weighted by molar-refractivity contribution is 8.00. The molecular formula is C53H70ClN5O14S. The van der Waals surface area contributed by atoms with Crippen LogP contribution in [-0.2, 0) is 58.9 Å². The Hall–Kier alpha value is -5.28. The lowest BCUT2D eigenvalue weighted by atomic mass is 9.72. The van der Waals surface area contributed by atoms with E-state index in [0.29, 0.717) is 24.4 Å². The summed E-state index contributed by atoms with van der Waals surface area (Å²) in [4.78, 5) is 111. The Morgan fingerprint density at radius 2 is 1.68 bits per heavy atom. The zero-order chi connectivity index (χ0) is 54.0. The average Bonchev–Trinajstić information content (AvgIpc) is 3.80. The van der Waals surface area contributed by atoms with Gasteiger partial charge in [-0.3, -0.25) is 43.9 Å². The largest absolute Gasteiger partial charge is 0.495 e. The van der Waals surface area contributed by atoms with Crippen molar-refractivity contribution in [3.8, 4) is 5.75 Å². The minimum absolute atomic E-state index is 0.0175. The van der Waals surface area contributed by atoms with Gasteiger partial charge in [-0.15, -0.1) is 11.8 Å². The summed E-state index contributed by atoms with van der Waals surface area (Å²) >= 11 is 8.04. The molecule has 7 aliphatic rings. The number of carbonyl (C=O) groups excluding carboxylic acids is 8. The van der Waals surface area contributed by atoms with Crippen LogP contribution < -0.4 is 15.0 Å². The molecule has 0 spiro atoms. The van der Waals surface area contributed by atoms with E-state index in [2.05, 4.69) is 11.9 Å². The summed E-state index contributed by atoms with van der Waals surface area (Å²) < 4.78 is 29.7. The molecule has 0 radical (unpaired) electrons. The Morgan fingerprint density at radius 1 is 1.00 bits per heavy atom. The smallest absolute Gasteiger partial charge is 0.409 e. The second kappa shape index (κ2) is 22.9. The number of amides is 7. The summed E-state index contributed by atoms with van der Waals surface area (Å²) in [6.45, 7) is 11.5. The second-order valence-electron chi connectivity index (χ2n) is 21.1. The van der Waals surface area contributed by atoms with E-state index < -0.39 is 76.8 Å². The molecule has 1 aromatic rings. The van der Waals surface area contributed by atoms with Gasteiger partial charge in [0.2, 0.25) is 35.4 Å². The van der Waals surface area contributed by atoms with Gasteiger partial charge in [0.25, 0.3) is 0 Å². The Balaban J connectivity index is 0.986. The highest BCUT2D eigenvalue weighted by Gasteiger charge is 2.63. The quantitative estimate of drug-likeness (QED) is 0.135.